The molecule has 152 valence electrons. The van der Waals surface area contributed by atoms with E-state index in [4.69, 9.17) is 19.0 Å². The Bertz CT molecular complexity index is 882. The predicted octanol–water partition coefficient (Wildman–Crippen LogP) is 2.06. The average molecular weight is 398 g/mol. The number of hydrogen-bond donors (Lipinski definition) is 1. The van der Waals surface area contributed by atoms with Gasteiger partial charge in [0.25, 0.3) is 5.91 Å². The van der Waals surface area contributed by atoms with Gasteiger partial charge in [0, 0.05) is 12.1 Å². The number of oxime groups is 1. The number of carbonyl (C=O) groups is 2. The summed E-state index contributed by atoms with van der Waals surface area (Å²) in [7, 11) is 0. The van der Waals surface area contributed by atoms with Crippen LogP contribution in [0, 0.1) is 0 Å². The van der Waals surface area contributed by atoms with Crippen molar-refractivity contribution in [3.63, 3.8) is 0 Å². The molecule has 1 heterocycles. The fourth-order valence-corrected chi connectivity index (χ4v) is 2.59. The molecule has 3 rings (SSSR count). The van der Waals surface area contributed by atoms with Gasteiger partial charge in [0.15, 0.2) is 18.1 Å². The van der Waals surface area contributed by atoms with Gasteiger partial charge in [-0.1, -0.05) is 35.5 Å². The number of nitrogens with zero attached hydrogens (tertiary/aromatic N) is 1. The van der Waals surface area contributed by atoms with Gasteiger partial charge < -0.3 is 24.4 Å². The van der Waals surface area contributed by atoms with Crippen LogP contribution in [0.4, 0.5) is 0 Å². The average Bonchev–Trinajstić information content (AvgIpc) is 3.21. The summed E-state index contributed by atoms with van der Waals surface area (Å²) in [6.45, 7) is 1.65. The quantitative estimate of drug-likeness (QED) is 0.395. The normalized spacial score (nSPS) is 12.4. The molecule has 0 aliphatic carbocycles. The second kappa shape index (κ2) is 10.1. The largest absolute Gasteiger partial charge is 0.454 e. The van der Waals surface area contributed by atoms with E-state index in [0.717, 1.165) is 11.1 Å². The van der Waals surface area contributed by atoms with Gasteiger partial charge in [-0.25, -0.2) is 4.79 Å². The van der Waals surface area contributed by atoms with Crippen LogP contribution < -0.4 is 14.8 Å². The minimum Gasteiger partial charge on any atom is -0.454 e. The Morgan fingerprint density at radius 3 is 2.69 bits per heavy atom. The zero-order chi connectivity index (χ0) is 20.5. The van der Waals surface area contributed by atoms with Gasteiger partial charge >= 0.3 is 5.97 Å². The summed E-state index contributed by atoms with van der Waals surface area (Å²) >= 11 is 0. The Morgan fingerprint density at radius 2 is 1.86 bits per heavy atom. The molecule has 1 amide bonds. The van der Waals surface area contributed by atoms with Crippen molar-refractivity contribution in [3.05, 3.63) is 59.7 Å². The molecular formula is C21H22N2O6. The van der Waals surface area contributed by atoms with Crippen molar-refractivity contribution in [1.29, 1.82) is 0 Å². The van der Waals surface area contributed by atoms with Crippen LogP contribution in [-0.2, 0) is 25.6 Å². The van der Waals surface area contributed by atoms with Gasteiger partial charge in [0.1, 0.15) is 0 Å². The number of hydrogen-bond acceptors (Lipinski definition) is 7. The molecular weight excluding hydrogens is 376 g/mol. The molecule has 1 N–H and O–H groups in total. The van der Waals surface area contributed by atoms with Crippen molar-refractivity contribution in [2.45, 2.75) is 13.3 Å². The Hall–Kier alpha value is -3.55. The lowest BCUT2D eigenvalue weighted by Gasteiger charge is -2.07. The van der Waals surface area contributed by atoms with E-state index in [1.807, 2.05) is 36.4 Å². The van der Waals surface area contributed by atoms with E-state index in [-0.39, 0.29) is 25.9 Å². The fraction of sp³-hybridized carbons (Fsp3) is 0.286. The first kappa shape index (κ1) is 20.2. The Morgan fingerprint density at radius 1 is 1.07 bits per heavy atom. The number of benzene rings is 2. The minimum absolute atomic E-state index is 0.192. The fourth-order valence-electron chi connectivity index (χ4n) is 2.59. The molecule has 0 aromatic heterocycles. The van der Waals surface area contributed by atoms with Crippen molar-refractivity contribution < 1.29 is 28.6 Å². The van der Waals surface area contributed by atoms with Crippen LogP contribution in [0.2, 0.25) is 0 Å². The zero-order valence-corrected chi connectivity index (χ0v) is 16.1. The maximum absolute atomic E-state index is 11.7. The molecule has 2 aromatic carbocycles. The van der Waals surface area contributed by atoms with Gasteiger partial charge in [-0.15, -0.1) is 0 Å². The molecule has 1 aliphatic heterocycles. The van der Waals surface area contributed by atoms with Crippen LogP contribution in [0.1, 0.15) is 18.1 Å². The minimum atomic E-state index is -0.676. The number of fused-ring (bicyclic) bond motifs is 1. The number of ether oxygens (including phenoxy) is 3. The summed E-state index contributed by atoms with van der Waals surface area (Å²) in [5.74, 6) is 0.266. The molecule has 8 nitrogen and oxygen atoms in total. The number of esters is 1. The monoisotopic (exact) mass is 398 g/mol. The Labute approximate surface area is 168 Å². The van der Waals surface area contributed by atoms with Crippen LogP contribution in [-0.4, -0.2) is 44.1 Å². The van der Waals surface area contributed by atoms with Crippen molar-refractivity contribution in [2.24, 2.45) is 5.16 Å². The van der Waals surface area contributed by atoms with Crippen molar-refractivity contribution in [2.75, 3.05) is 26.6 Å². The molecule has 0 bridgehead atoms. The van der Waals surface area contributed by atoms with E-state index in [0.29, 0.717) is 30.2 Å². The highest BCUT2D eigenvalue weighted by Crippen LogP contribution is 2.32. The summed E-state index contributed by atoms with van der Waals surface area (Å²) in [6, 6.07) is 15.2. The first-order chi connectivity index (χ1) is 14.1. The molecule has 29 heavy (non-hydrogen) atoms. The first-order valence-corrected chi connectivity index (χ1v) is 9.14. The van der Waals surface area contributed by atoms with Crippen LogP contribution in [0.5, 0.6) is 11.5 Å². The SMILES string of the molecule is C/C(=N/OCC(=O)OCC(=O)NCCc1ccccc1)c1ccc2c(c1)OCO2. The number of nitrogens with one attached hydrogen (secondary N) is 1. The molecule has 0 atom stereocenters. The summed E-state index contributed by atoms with van der Waals surface area (Å²) in [5, 5.41) is 6.59. The predicted molar refractivity (Wildman–Crippen MR) is 105 cm³/mol. The number of rotatable bonds is 9. The first-order valence-electron chi connectivity index (χ1n) is 9.14. The molecule has 0 spiro atoms. The maximum atomic E-state index is 11.7. The summed E-state index contributed by atoms with van der Waals surface area (Å²) in [5.41, 5.74) is 2.46. The highest BCUT2D eigenvalue weighted by Gasteiger charge is 2.14. The summed E-state index contributed by atoms with van der Waals surface area (Å²) in [4.78, 5) is 28.4. The van der Waals surface area contributed by atoms with Crippen LogP contribution in [0.15, 0.2) is 53.7 Å². The van der Waals surface area contributed by atoms with Gasteiger partial charge in [-0.2, -0.15) is 0 Å². The van der Waals surface area contributed by atoms with E-state index in [9.17, 15) is 9.59 Å². The molecule has 0 saturated carbocycles. The Balaban J connectivity index is 1.33. The van der Waals surface area contributed by atoms with Crippen molar-refractivity contribution in [3.8, 4) is 11.5 Å². The van der Waals surface area contributed by atoms with E-state index in [1.165, 1.54) is 0 Å². The van der Waals surface area contributed by atoms with Crippen molar-refractivity contribution in [1.82, 2.24) is 5.32 Å². The Kier molecular flexibility index (Phi) is 7.05. The third-order valence-corrected chi connectivity index (χ3v) is 4.12. The second-order valence-electron chi connectivity index (χ2n) is 6.26. The molecule has 0 saturated heterocycles. The standard InChI is InChI=1S/C21H22N2O6/c1-15(17-7-8-18-19(11-17)28-14-27-18)23-29-13-21(25)26-12-20(24)22-10-9-16-5-3-2-4-6-16/h2-8,11H,9-10,12-14H2,1H3,(H,22,24)/b23-15-. The molecule has 0 radical (unpaired) electrons. The second-order valence-corrected chi connectivity index (χ2v) is 6.26. The van der Waals surface area contributed by atoms with Crippen LogP contribution >= 0.6 is 0 Å². The van der Waals surface area contributed by atoms with Gasteiger partial charge in [-0.3, -0.25) is 4.79 Å². The smallest absolute Gasteiger partial charge is 0.347 e. The van der Waals surface area contributed by atoms with E-state index in [1.54, 1.807) is 19.1 Å². The summed E-state index contributed by atoms with van der Waals surface area (Å²) < 4.78 is 15.4. The topological polar surface area (TPSA) is 95.5 Å². The lowest BCUT2D eigenvalue weighted by Crippen LogP contribution is -2.31. The molecule has 0 unspecified atom stereocenters. The van der Waals surface area contributed by atoms with E-state index in [2.05, 4.69) is 10.5 Å². The number of amides is 1. The van der Waals surface area contributed by atoms with Gasteiger partial charge in [0.2, 0.25) is 13.4 Å². The third kappa shape index (κ3) is 6.24. The molecule has 1 aliphatic rings. The van der Waals surface area contributed by atoms with Crippen molar-refractivity contribution >= 4 is 17.6 Å². The van der Waals surface area contributed by atoms with Gasteiger partial charge in [-0.05, 0) is 37.1 Å². The lowest BCUT2D eigenvalue weighted by atomic mass is 10.1. The molecule has 8 heteroatoms. The zero-order valence-electron chi connectivity index (χ0n) is 16.1. The molecule has 2 aromatic rings. The number of carbonyl (C=O) groups excluding carboxylic acids is 2. The van der Waals surface area contributed by atoms with Crippen LogP contribution in [0.3, 0.4) is 0 Å². The summed E-state index contributed by atoms with van der Waals surface area (Å²) in [6.07, 6.45) is 0.706. The maximum Gasteiger partial charge on any atom is 0.347 e. The lowest BCUT2D eigenvalue weighted by molar-refractivity contribution is -0.152. The van der Waals surface area contributed by atoms with E-state index >= 15 is 0 Å². The van der Waals surface area contributed by atoms with E-state index < -0.39 is 5.97 Å². The van der Waals surface area contributed by atoms with Crippen LogP contribution in [0.25, 0.3) is 0 Å². The van der Waals surface area contributed by atoms with Gasteiger partial charge in [0.05, 0.1) is 5.71 Å². The highest BCUT2D eigenvalue weighted by atomic mass is 16.7. The third-order valence-electron chi connectivity index (χ3n) is 4.12. The highest BCUT2D eigenvalue weighted by molar-refractivity contribution is 5.99. The molecule has 0 fully saturated rings.